The van der Waals surface area contributed by atoms with Gasteiger partial charge in [0, 0.05) is 24.8 Å². The maximum Gasteiger partial charge on any atom is 0.251 e. The Bertz CT molecular complexity index is 504. The molecule has 5 nitrogen and oxygen atoms in total. The molecule has 5 heteroatoms. The van der Waals surface area contributed by atoms with Crippen LogP contribution < -0.4 is 5.32 Å². The number of aliphatic hydroxyl groups is 1. The largest absolute Gasteiger partial charge is 0.396 e. The fraction of sp³-hybridized carbons (Fsp3) is 0.529. The summed E-state index contributed by atoms with van der Waals surface area (Å²) >= 11 is 0. The van der Waals surface area contributed by atoms with Gasteiger partial charge in [-0.25, -0.2) is 0 Å². The molecule has 2 amide bonds. The van der Waals surface area contributed by atoms with Gasteiger partial charge in [-0.2, -0.15) is 0 Å². The molecule has 0 saturated carbocycles. The van der Waals surface area contributed by atoms with Gasteiger partial charge in [0.05, 0.1) is 0 Å². The van der Waals surface area contributed by atoms with Crippen molar-refractivity contribution in [3.8, 4) is 0 Å². The molecule has 1 aliphatic heterocycles. The molecule has 0 spiro atoms. The Hall–Kier alpha value is -1.88. The molecule has 2 N–H and O–H groups in total. The summed E-state index contributed by atoms with van der Waals surface area (Å²) in [4.78, 5) is 26.5. The van der Waals surface area contributed by atoms with E-state index in [0.29, 0.717) is 12.0 Å². The number of nitrogens with one attached hydrogen (secondary N) is 1. The Morgan fingerprint density at radius 3 is 2.77 bits per heavy atom. The van der Waals surface area contributed by atoms with Gasteiger partial charge in [-0.15, -0.1) is 0 Å². The lowest BCUT2D eigenvalue weighted by atomic mass is 10.1. The Balaban J connectivity index is 1.92. The van der Waals surface area contributed by atoms with Crippen LogP contribution in [0.2, 0.25) is 0 Å². The first-order chi connectivity index (χ1) is 10.6. The molecule has 0 bridgehead atoms. The van der Waals surface area contributed by atoms with Crippen LogP contribution >= 0.6 is 0 Å². The normalized spacial score (nSPS) is 19.0. The number of rotatable bonds is 6. The predicted molar refractivity (Wildman–Crippen MR) is 84.4 cm³/mol. The molecule has 1 saturated heterocycles. The highest BCUT2D eigenvalue weighted by atomic mass is 16.3. The second-order valence-electron chi connectivity index (χ2n) is 5.75. The van der Waals surface area contributed by atoms with Gasteiger partial charge in [0.25, 0.3) is 5.91 Å². The lowest BCUT2D eigenvalue weighted by Gasteiger charge is -2.27. The summed E-state index contributed by atoms with van der Waals surface area (Å²) in [5.41, 5.74) is 0.556. The molecule has 2 unspecified atom stereocenters. The van der Waals surface area contributed by atoms with E-state index >= 15 is 0 Å². The first-order valence-electron chi connectivity index (χ1n) is 7.90. The zero-order valence-electron chi connectivity index (χ0n) is 13.0. The van der Waals surface area contributed by atoms with Crippen LogP contribution in [-0.4, -0.2) is 47.1 Å². The minimum absolute atomic E-state index is 0.0373. The third-order valence-electron chi connectivity index (χ3n) is 4.11. The fourth-order valence-electron chi connectivity index (χ4n) is 2.93. The number of nitrogens with zero attached hydrogens (tertiary/aromatic N) is 1. The van der Waals surface area contributed by atoms with Gasteiger partial charge < -0.3 is 15.3 Å². The van der Waals surface area contributed by atoms with Crippen LogP contribution in [0.25, 0.3) is 0 Å². The number of carbonyl (C=O) groups excluding carboxylic acids is 2. The molecule has 1 heterocycles. The minimum atomic E-state index is -0.539. The van der Waals surface area contributed by atoms with Crippen molar-refractivity contribution in [2.45, 2.75) is 44.7 Å². The highest BCUT2D eigenvalue weighted by Gasteiger charge is 2.31. The van der Waals surface area contributed by atoms with Crippen molar-refractivity contribution >= 4 is 11.8 Å². The van der Waals surface area contributed by atoms with Gasteiger partial charge in [-0.05, 0) is 44.7 Å². The van der Waals surface area contributed by atoms with E-state index in [1.807, 2.05) is 11.0 Å². The SMILES string of the molecule is CC(NC(=O)c1ccccc1)C(=O)N1CCCC1CCCO. The van der Waals surface area contributed by atoms with Crippen molar-refractivity contribution in [3.05, 3.63) is 35.9 Å². The van der Waals surface area contributed by atoms with Crippen LogP contribution in [0, 0.1) is 0 Å². The van der Waals surface area contributed by atoms with E-state index in [1.54, 1.807) is 31.2 Å². The maximum absolute atomic E-state index is 12.5. The van der Waals surface area contributed by atoms with Crippen molar-refractivity contribution in [2.75, 3.05) is 13.2 Å². The van der Waals surface area contributed by atoms with Crippen LogP contribution in [0.3, 0.4) is 0 Å². The van der Waals surface area contributed by atoms with Crippen molar-refractivity contribution in [2.24, 2.45) is 0 Å². The van der Waals surface area contributed by atoms with Gasteiger partial charge >= 0.3 is 0 Å². The topological polar surface area (TPSA) is 69.6 Å². The summed E-state index contributed by atoms with van der Waals surface area (Å²) in [6, 6.07) is 8.55. The van der Waals surface area contributed by atoms with E-state index in [-0.39, 0.29) is 24.5 Å². The van der Waals surface area contributed by atoms with Gasteiger partial charge in [-0.3, -0.25) is 9.59 Å². The molecule has 0 aromatic heterocycles. The Morgan fingerprint density at radius 1 is 1.36 bits per heavy atom. The highest BCUT2D eigenvalue weighted by molar-refractivity contribution is 5.97. The molecule has 2 rings (SSSR count). The molecule has 2 atom stereocenters. The number of benzene rings is 1. The monoisotopic (exact) mass is 304 g/mol. The highest BCUT2D eigenvalue weighted by Crippen LogP contribution is 2.22. The summed E-state index contributed by atoms with van der Waals surface area (Å²) in [5.74, 6) is -0.266. The second-order valence-corrected chi connectivity index (χ2v) is 5.75. The Morgan fingerprint density at radius 2 is 2.09 bits per heavy atom. The van der Waals surface area contributed by atoms with Crippen LogP contribution in [0.5, 0.6) is 0 Å². The molecule has 1 aliphatic rings. The van der Waals surface area contributed by atoms with Crippen molar-refractivity contribution in [1.82, 2.24) is 10.2 Å². The van der Waals surface area contributed by atoms with Crippen LogP contribution in [-0.2, 0) is 4.79 Å². The lowest BCUT2D eigenvalue weighted by molar-refractivity contribution is -0.133. The zero-order chi connectivity index (χ0) is 15.9. The average Bonchev–Trinajstić information content (AvgIpc) is 3.01. The summed E-state index contributed by atoms with van der Waals surface area (Å²) in [7, 11) is 0. The van der Waals surface area contributed by atoms with E-state index in [9.17, 15) is 9.59 Å². The molecular formula is C17H24N2O3. The van der Waals surface area contributed by atoms with E-state index in [0.717, 1.165) is 25.8 Å². The third kappa shape index (κ3) is 4.07. The third-order valence-corrected chi connectivity index (χ3v) is 4.11. The van der Waals surface area contributed by atoms with E-state index < -0.39 is 6.04 Å². The number of hydrogen-bond acceptors (Lipinski definition) is 3. The van der Waals surface area contributed by atoms with Gasteiger partial charge in [-0.1, -0.05) is 18.2 Å². The minimum Gasteiger partial charge on any atom is -0.396 e. The van der Waals surface area contributed by atoms with Crippen LogP contribution in [0.1, 0.15) is 43.0 Å². The van der Waals surface area contributed by atoms with Gasteiger partial charge in [0.15, 0.2) is 0 Å². The molecule has 1 aromatic carbocycles. The zero-order valence-corrected chi connectivity index (χ0v) is 13.0. The smallest absolute Gasteiger partial charge is 0.251 e. The molecule has 1 aromatic rings. The summed E-state index contributed by atoms with van der Waals surface area (Å²) < 4.78 is 0. The first-order valence-corrected chi connectivity index (χ1v) is 7.90. The van der Waals surface area contributed by atoms with E-state index in [1.165, 1.54) is 0 Å². The van der Waals surface area contributed by atoms with Gasteiger partial charge in [0.1, 0.15) is 6.04 Å². The maximum atomic E-state index is 12.5. The van der Waals surface area contributed by atoms with E-state index in [4.69, 9.17) is 5.11 Å². The number of carbonyl (C=O) groups is 2. The second kappa shape index (κ2) is 7.94. The quantitative estimate of drug-likeness (QED) is 0.838. The van der Waals surface area contributed by atoms with Crippen LogP contribution in [0.15, 0.2) is 30.3 Å². The number of likely N-dealkylation sites (tertiary alicyclic amines) is 1. The molecular weight excluding hydrogens is 280 g/mol. The fourth-order valence-corrected chi connectivity index (χ4v) is 2.93. The molecule has 120 valence electrons. The predicted octanol–water partition coefficient (Wildman–Crippen LogP) is 1.57. The molecule has 0 aliphatic carbocycles. The van der Waals surface area contributed by atoms with Crippen molar-refractivity contribution in [1.29, 1.82) is 0 Å². The average molecular weight is 304 g/mol. The summed E-state index contributed by atoms with van der Waals surface area (Å²) in [6.07, 6.45) is 3.49. The van der Waals surface area contributed by atoms with Gasteiger partial charge in [0.2, 0.25) is 5.91 Å². The standard InChI is InChI=1S/C17H24N2O3/c1-13(18-16(21)14-7-3-2-4-8-14)17(22)19-11-5-9-15(19)10-6-12-20/h2-4,7-8,13,15,20H,5-6,9-12H2,1H3,(H,18,21). The Kier molecular flexibility index (Phi) is 5.95. The molecule has 0 radical (unpaired) electrons. The number of aliphatic hydroxyl groups excluding tert-OH is 1. The molecule has 1 fully saturated rings. The summed E-state index contributed by atoms with van der Waals surface area (Å²) in [6.45, 7) is 2.61. The summed E-state index contributed by atoms with van der Waals surface area (Å²) in [5, 5.41) is 11.7. The Labute approximate surface area is 131 Å². The van der Waals surface area contributed by atoms with E-state index in [2.05, 4.69) is 5.32 Å². The van der Waals surface area contributed by atoms with Crippen LogP contribution in [0.4, 0.5) is 0 Å². The number of amides is 2. The van der Waals surface area contributed by atoms with Crippen molar-refractivity contribution < 1.29 is 14.7 Å². The number of hydrogen-bond donors (Lipinski definition) is 2. The molecule has 22 heavy (non-hydrogen) atoms. The van der Waals surface area contributed by atoms with Crippen molar-refractivity contribution in [3.63, 3.8) is 0 Å². The lowest BCUT2D eigenvalue weighted by Crippen LogP contribution is -2.48. The first kappa shape index (κ1) is 16.5.